The highest BCUT2D eigenvalue weighted by molar-refractivity contribution is 5.84. The second-order valence-electron chi connectivity index (χ2n) is 7.60. The molecule has 0 spiro atoms. The van der Waals surface area contributed by atoms with E-state index in [4.69, 9.17) is 9.47 Å². The van der Waals surface area contributed by atoms with E-state index in [0.29, 0.717) is 35.4 Å². The zero-order valence-corrected chi connectivity index (χ0v) is 19.6. The molecule has 35 heavy (non-hydrogen) atoms. The molecule has 4 rings (SSSR count). The van der Waals surface area contributed by atoms with E-state index in [1.165, 1.54) is 24.4 Å². The Balaban J connectivity index is 0.000000623. The van der Waals surface area contributed by atoms with Gasteiger partial charge in [-0.2, -0.15) is 0 Å². The lowest BCUT2D eigenvalue weighted by atomic mass is 10.1. The Morgan fingerprint density at radius 1 is 1.14 bits per heavy atom. The van der Waals surface area contributed by atoms with Crippen LogP contribution in [-0.2, 0) is 20.9 Å². The van der Waals surface area contributed by atoms with E-state index in [2.05, 4.69) is 20.6 Å². The summed E-state index contributed by atoms with van der Waals surface area (Å²) in [5.41, 5.74) is 2.24. The molecule has 2 aromatic heterocycles. The van der Waals surface area contributed by atoms with Crippen molar-refractivity contribution < 1.29 is 23.5 Å². The molecule has 0 saturated carbocycles. The first-order valence-corrected chi connectivity index (χ1v) is 10.7. The van der Waals surface area contributed by atoms with Crippen LogP contribution < -0.4 is 10.6 Å². The van der Waals surface area contributed by atoms with Crippen LogP contribution in [0.25, 0.3) is 17.0 Å². The van der Waals surface area contributed by atoms with Crippen molar-refractivity contribution in [1.29, 1.82) is 0 Å². The average molecular weight is 480 g/mol. The Labute approximate surface area is 201 Å². The number of amides is 2. The molecule has 2 amide bonds. The summed E-state index contributed by atoms with van der Waals surface area (Å²) in [5, 5.41) is 5.07. The summed E-state index contributed by atoms with van der Waals surface area (Å²) in [4.78, 5) is 31.1. The number of imidazole rings is 1. The number of rotatable bonds is 7. The molecule has 2 aromatic carbocycles. The third-order valence-electron chi connectivity index (χ3n) is 4.71. The second-order valence-corrected chi connectivity index (χ2v) is 7.60. The number of nitrogens with zero attached hydrogens (tertiary/aromatic N) is 3. The van der Waals surface area contributed by atoms with Crippen LogP contribution in [-0.4, -0.2) is 40.1 Å². The highest BCUT2D eigenvalue weighted by Gasteiger charge is 2.12. The molecule has 0 atom stereocenters. The predicted octanol–water partition coefficient (Wildman–Crippen LogP) is 4.89. The summed E-state index contributed by atoms with van der Waals surface area (Å²) < 4.78 is 25.7. The van der Waals surface area contributed by atoms with Crippen molar-refractivity contribution in [2.24, 2.45) is 0 Å². The van der Waals surface area contributed by atoms with Gasteiger partial charge in [0.05, 0.1) is 23.7 Å². The van der Waals surface area contributed by atoms with Gasteiger partial charge in [-0.1, -0.05) is 30.3 Å². The lowest BCUT2D eigenvalue weighted by molar-refractivity contribution is -0.105. The van der Waals surface area contributed by atoms with E-state index < -0.39 is 11.9 Å². The van der Waals surface area contributed by atoms with Crippen molar-refractivity contribution in [3.63, 3.8) is 0 Å². The first-order valence-electron chi connectivity index (χ1n) is 10.7. The van der Waals surface area contributed by atoms with Crippen LogP contribution in [0.5, 0.6) is 0 Å². The van der Waals surface area contributed by atoms with Gasteiger partial charge >= 0.3 is 6.09 Å². The standard InChI is InChI=1S/C21H16FN5O3.C4H10O/c22-18-7-6-15(24-13-28)8-17(18)19-11-27-10-16(9-23-20(27)26-19)25-21(29)30-12-14-4-2-1-3-5-14;1-4(2)5-3/h1-11,13H,12H2,(H,24,28)(H,25,29);4H,1-3H3. The maximum Gasteiger partial charge on any atom is 0.412 e. The van der Waals surface area contributed by atoms with Gasteiger partial charge in [0.2, 0.25) is 12.2 Å². The molecule has 0 saturated heterocycles. The molecule has 10 heteroatoms. The van der Waals surface area contributed by atoms with Gasteiger partial charge in [-0.05, 0) is 37.6 Å². The van der Waals surface area contributed by atoms with Gasteiger partial charge in [-0.15, -0.1) is 0 Å². The van der Waals surface area contributed by atoms with Gasteiger partial charge in [0.25, 0.3) is 0 Å². The molecule has 4 aromatic rings. The minimum absolute atomic E-state index is 0.141. The molecule has 182 valence electrons. The number of halogens is 1. The molecular weight excluding hydrogens is 453 g/mol. The van der Waals surface area contributed by atoms with Gasteiger partial charge in [0, 0.05) is 30.8 Å². The van der Waals surface area contributed by atoms with Crippen molar-refractivity contribution in [1.82, 2.24) is 14.4 Å². The van der Waals surface area contributed by atoms with Crippen LogP contribution in [0.1, 0.15) is 19.4 Å². The Kier molecular flexibility index (Phi) is 8.85. The molecule has 0 aliphatic carbocycles. The highest BCUT2D eigenvalue weighted by atomic mass is 19.1. The summed E-state index contributed by atoms with van der Waals surface area (Å²) >= 11 is 0. The van der Waals surface area contributed by atoms with Gasteiger partial charge in [-0.3, -0.25) is 14.5 Å². The topological polar surface area (TPSA) is 107 Å². The maximum atomic E-state index is 14.2. The fourth-order valence-corrected chi connectivity index (χ4v) is 2.84. The third kappa shape index (κ3) is 7.34. The number of aromatic nitrogens is 3. The number of benzene rings is 2. The van der Waals surface area contributed by atoms with Crippen LogP contribution in [0.2, 0.25) is 0 Å². The summed E-state index contributed by atoms with van der Waals surface area (Å²) in [5.74, 6) is -0.168. The van der Waals surface area contributed by atoms with Gasteiger partial charge in [-0.25, -0.2) is 19.2 Å². The average Bonchev–Trinajstić information content (AvgIpc) is 3.28. The Morgan fingerprint density at radius 2 is 1.89 bits per heavy atom. The van der Waals surface area contributed by atoms with Crippen molar-refractivity contribution in [3.8, 4) is 11.3 Å². The first kappa shape index (κ1) is 25.3. The van der Waals surface area contributed by atoms with Crippen LogP contribution in [0, 0.1) is 5.82 Å². The quantitative estimate of drug-likeness (QED) is 0.366. The predicted molar refractivity (Wildman–Crippen MR) is 130 cm³/mol. The smallest absolute Gasteiger partial charge is 0.412 e. The minimum Gasteiger partial charge on any atom is -0.444 e. The number of carbonyl (C=O) groups excluding carboxylic acids is 2. The van der Waals surface area contributed by atoms with Gasteiger partial charge < -0.3 is 14.8 Å². The summed E-state index contributed by atoms with van der Waals surface area (Å²) in [7, 11) is 1.70. The number of nitrogens with one attached hydrogen (secondary N) is 2. The lowest BCUT2D eigenvalue weighted by Gasteiger charge is -2.07. The van der Waals surface area contributed by atoms with Crippen molar-refractivity contribution in [3.05, 3.63) is 78.5 Å². The molecule has 0 bridgehead atoms. The first-order chi connectivity index (χ1) is 16.9. The second kappa shape index (κ2) is 12.2. The zero-order chi connectivity index (χ0) is 25.2. The van der Waals surface area contributed by atoms with Gasteiger partial charge in [0.1, 0.15) is 12.4 Å². The monoisotopic (exact) mass is 479 g/mol. The van der Waals surface area contributed by atoms with Crippen molar-refractivity contribution in [2.75, 3.05) is 17.7 Å². The Bertz CT molecular complexity index is 1280. The number of hydrogen-bond acceptors (Lipinski definition) is 6. The van der Waals surface area contributed by atoms with E-state index in [9.17, 15) is 14.0 Å². The number of methoxy groups -OCH3 is 1. The number of fused-ring (bicyclic) bond motifs is 1. The fourth-order valence-electron chi connectivity index (χ4n) is 2.84. The summed E-state index contributed by atoms with van der Waals surface area (Å²) in [6, 6.07) is 13.5. The van der Waals surface area contributed by atoms with E-state index in [0.717, 1.165) is 5.56 Å². The molecule has 0 aliphatic rings. The maximum absolute atomic E-state index is 14.2. The molecule has 2 heterocycles. The van der Waals surface area contributed by atoms with E-state index >= 15 is 0 Å². The van der Waals surface area contributed by atoms with Crippen molar-refractivity contribution >= 4 is 29.7 Å². The molecular formula is C25H26FN5O4. The minimum atomic E-state index is -0.626. The zero-order valence-electron chi connectivity index (χ0n) is 19.6. The fraction of sp³-hybridized carbons (Fsp3) is 0.200. The van der Waals surface area contributed by atoms with E-state index in [-0.39, 0.29) is 12.2 Å². The SMILES string of the molecule is COC(C)C.O=CNc1ccc(F)c(-c2cn3cc(NC(=O)OCc4ccccc4)cnc3n2)c1. The number of hydrogen-bond donors (Lipinski definition) is 2. The summed E-state index contributed by atoms with van der Waals surface area (Å²) in [6.45, 7) is 4.14. The number of carbonyl (C=O) groups is 2. The van der Waals surface area contributed by atoms with Crippen LogP contribution in [0.15, 0.2) is 67.1 Å². The van der Waals surface area contributed by atoms with Gasteiger partial charge in [0.15, 0.2) is 0 Å². The molecule has 2 N–H and O–H groups in total. The Hall–Kier alpha value is -4.31. The molecule has 0 aliphatic heterocycles. The molecule has 0 fully saturated rings. The van der Waals surface area contributed by atoms with Crippen LogP contribution in [0.3, 0.4) is 0 Å². The molecule has 0 radical (unpaired) electrons. The van der Waals surface area contributed by atoms with Crippen molar-refractivity contribution in [2.45, 2.75) is 26.6 Å². The lowest BCUT2D eigenvalue weighted by Crippen LogP contribution is -2.14. The molecule has 0 unspecified atom stereocenters. The van der Waals surface area contributed by atoms with E-state index in [1.807, 2.05) is 44.2 Å². The third-order valence-corrected chi connectivity index (χ3v) is 4.71. The largest absolute Gasteiger partial charge is 0.444 e. The normalized spacial score (nSPS) is 10.4. The summed E-state index contributed by atoms with van der Waals surface area (Å²) in [6.07, 6.45) is 4.86. The number of ether oxygens (including phenoxy) is 2. The highest BCUT2D eigenvalue weighted by Crippen LogP contribution is 2.25. The number of anilines is 2. The van der Waals surface area contributed by atoms with Crippen LogP contribution in [0.4, 0.5) is 20.6 Å². The van der Waals surface area contributed by atoms with E-state index in [1.54, 1.807) is 23.9 Å². The Morgan fingerprint density at radius 3 is 2.57 bits per heavy atom. The molecule has 9 nitrogen and oxygen atoms in total. The van der Waals surface area contributed by atoms with Crippen LogP contribution >= 0.6 is 0 Å².